The second kappa shape index (κ2) is 42.3. The van der Waals surface area contributed by atoms with Crippen molar-refractivity contribution in [3.63, 3.8) is 0 Å². The molecule has 0 aliphatic rings. The van der Waals surface area contributed by atoms with Gasteiger partial charge >= 0.3 is 11.9 Å². The molecule has 0 bridgehead atoms. The van der Waals surface area contributed by atoms with Crippen molar-refractivity contribution in [2.24, 2.45) is 0 Å². The Morgan fingerprint density at radius 3 is 1.08 bits per heavy atom. The lowest BCUT2D eigenvalue weighted by Crippen LogP contribution is -2.37. The van der Waals surface area contributed by atoms with Gasteiger partial charge in [-0.25, -0.2) is 0 Å². The van der Waals surface area contributed by atoms with E-state index in [1.165, 1.54) is 186 Å². The molecule has 0 saturated heterocycles. The lowest BCUT2D eigenvalue weighted by atomic mass is 10.0. The molecule has 9 nitrogen and oxygen atoms in total. The summed E-state index contributed by atoms with van der Waals surface area (Å²) in [5, 5.41) is 0. The first kappa shape index (κ1) is 58.0. The topological polar surface area (TPSA) is 111 Å². The summed E-state index contributed by atoms with van der Waals surface area (Å²) < 4.78 is 34.0. The molecule has 0 aromatic heterocycles. The van der Waals surface area contributed by atoms with Crippen LogP contribution >= 0.6 is 7.82 Å². The van der Waals surface area contributed by atoms with E-state index in [4.69, 9.17) is 18.5 Å². The Bertz CT molecular complexity index is 974. The highest BCUT2D eigenvalue weighted by Crippen LogP contribution is 2.38. The van der Waals surface area contributed by atoms with Crippen LogP contribution in [0.15, 0.2) is 0 Å². The van der Waals surface area contributed by atoms with Crippen molar-refractivity contribution in [1.29, 1.82) is 0 Å². The molecule has 0 saturated carbocycles. The quantitative estimate of drug-likeness (QED) is 0.0257. The lowest BCUT2D eigenvalue weighted by molar-refractivity contribution is -0.870. The molecule has 10 heteroatoms. The molecular weight excluding hydrogens is 762 g/mol. The van der Waals surface area contributed by atoms with E-state index in [0.717, 1.165) is 32.1 Å². The molecule has 0 aromatic rings. The zero-order chi connectivity index (χ0) is 43.6. The third-order valence-corrected chi connectivity index (χ3v) is 12.3. The number of rotatable bonds is 47. The van der Waals surface area contributed by atoms with Gasteiger partial charge < -0.3 is 27.9 Å². The number of carbonyl (C=O) groups excluding carboxylic acids is 2. The molecule has 2 atom stereocenters. The Kier molecular flexibility index (Phi) is 41.6. The van der Waals surface area contributed by atoms with Crippen LogP contribution in [0.2, 0.25) is 0 Å². The van der Waals surface area contributed by atoms with Crippen molar-refractivity contribution in [2.45, 2.75) is 258 Å². The fourth-order valence-electron chi connectivity index (χ4n) is 7.42. The molecule has 0 radical (unpaired) electrons. The van der Waals surface area contributed by atoms with Crippen LogP contribution in [0.25, 0.3) is 0 Å². The number of ether oxygens (including phenoxy) is 2. The first-order valence-corrected chi connectivity index (χ1v) is 26.7. The SMILES string of the molecule is CCCCCCCCCCCCCCCCCCCCCCCCC(=O)OCC(COP(=O)([O-])OCC[N+](C)(C)C)OC(=O)CCCCCCCCCCCCCCC. The zero-order valence-corrected chi connectivity index (χ0v) is 40.6. The van der Waals surface area contributed by atoms with Crippen LogP contribution in [-0.2, 0) is 32.7 Å². The van der Waals surface area contributed by atoms with Crippen molar-refractivity contribution < 1.29 is 42.1 Å². The summed E-state index contributed by atoms with van der Waals surface area (Å²) in [6.45, 7) is 4.28. The molecule has 0 fully saturated rings. The molecule has 0 aromatic carbocycles. The summed E-state index contributed by atoms with van der Waals surface area (Å²) in [6.07, 6.45) is 44.2. The Hall–Kier alpha value is -0.990. The summed E-state index contributed by atoms with van der Waals surface area (Å²) in [6, 6.07) is 0. The number of carbonyl (C=O) groups is 2. The minimum absolute atomic E-state index is 0.0255. The predicted octanol–water partition coefficient (Wildman–Crippen LogP) is 14.1. The fourth-order valence-corrected chi connectivity index (χ4v) is 8.15. The average molecular weight is 860 g/mol. The van der Waals surface area contributed by atoms with Crippen molar-refractivity contribution in [2.75, 3.05) is 47.5 Å². The number of nitrogens with zero attached hydrogens (tertiary/aromatic N) is 1. The van der Waals surface area contributed by atoms with Crippen LogP contribution < -0.4 is 4.89 Å². The molecule has 0 N–H and O–H groups in total. The van der Waals surface area contributed by atoms with Gasteiger partial charge in [0.2, 0.25) is 0 Å². The molecule has 352 valence electrons. The van der Waals surface area contributed by atoms with E-state index in [9.17, 15) is 19.0 Å². The van der Waals surface area contributed by atoms with Crippen molar-refractivity contribution in [3.8, 4) is 0 Å². The number of likely N-dealkylation sites (N-methyl/N-ethyl adjacent to an activating group) is 1. The van der Waals surface area contributed by atoms with Gasteiger partial charge in [-0.3, -0.25) is 14.2 Å². The smallest absolute Gasteiger partial charge is 0.306 e. The summed E-state index contributed by atoms with van der Waals surface area (Å²) in [5.74, 6) is -0.816. The number of hydrogen-bond acceptors (Lipinski definition) is 8. The maximum absolute atomic E-state index is 12.7. The van der Waals surface area contributed by atoms with Crippen LogP contribution in [-0.4, -0.2) is 70.0 Å². The maximum Gasteiger partial charge on any atom is 0.306 e. The third kappa shape index (κ3) is 46.3. The van der Waals surface area contributed by atoms with Gasteiger partial charge in [-0.2, -0.15) is 0 Å². The number of esters is 2. The summed E-state index contributed by atoms with van der Waals surface area (Å²) in [4.78, 5) is 37.6. The number of phosphoric ester groups is 1. The van der Waals surface area contributed by atoms with E-state index >= 15 is 0 Å². The van der Waals surface area contributed by atoms with Gasteiger partial charge in [-0.15, -0.1) is 0 Å². The van der Waals surface area contributed by atoms with Crippen molar-refractivity contribution in [3.05, 3.63) is 0 Å². The number of phosphoric acid groups is 1. The lowest BCUT2D eigenvalue weighted by Gasteiger charge is -2.28. The van der Waals surface area contributed by atoms with Gasteiger partial charge in [-0.05, 0) is 12.8 Å². The number of quaternary nitrogens is 1. The van der Waals surface area contributed by atoms with Crippen LogP contribution in [0, 0.1) is 0 Å². The van der Waals surface area contributed by atoms with E-state index in [2.05, 4.69) is 13.8 Å². The van der Waals surface area contributed by atoms with Crippen molar-refractivity contribution in [1.82, 2.24) is 0 Å². The number of hydrogen-bond donors (Lipinski definition) is 0. The second-order valence-corrected chi connectivity index (χ2v) is 20.0. The van der Waals surface area contributed by atoms with Gasteiger partial charge in [0.1, 0.15) is 19.8 Å². The van der Waals surface area contributed by atoms with Gasteiger partial charge in [0.15, 0.2) is 6.10 Å². The Labute approximate surface area is 365 Å². The maximum atomic E-state index is 12.7. The first-order valence-electron chi connectivity index (χ1n) is 25.2. The molecule has 0 aliphatic carbocycles. The predicted molar refractivity (Wildman–Crippen MR) is 245 cm³/mol. The summed E-state index contributed by atoms with van der Waals surface area (Å²) in [7, 11) is 1.18. The van der Waals surface area contributed by atoms with Crippen LogP contribution in [0.3, 0.4) is 0 Å². The van der Waals surface area contributed by atoms with E-state index in [1.807, 2.05) is 21.1 Å². The third-order valence-electron chi connectivity index (χ3n) is 11.4. The molecule has 0 heterocycles. The fraction of sp³-hybridized carbons (Fsp3) is 0.959. The second-order valence-electron chi connectivity index (χ2n) is 18.6. The highest BCUT2D eigenvalue weighted by Gasteiger charge is 2.21. The van der Waals surface area contributed by atoms with Crippen LogP contribution in [0.4, 0.5) is 0 Å². The van der Waals surface area contributed by atoms with Gasteiger partial charge in [-0.1, -0.05) is 226 Å². The van der Waals surface area contributed by atoms with E-state index in [0.29, 0.717) is 17.4 Å². The van der Waals surface area contributed by atoms with E-state index < -0.39 is 26.5 Å². The summed E-state index contributed by atoms with van der Waals surface area (Å²) >= 11 is 0. The molecule has 0 rings (SSSR count). The summed E-state index contributed by atoms with van der Waals surface area (Å²) in [5.41, 5.74) is 0. The monoisotopic (exact) mass is 860 g/mol. The van der Waals surface area contributed by atoms with Gasteiger partial charge in [0.05, 0.1) is 27.7 Å². The number of unbranched alkanes of at least 4 members (excludes halogenated alkanes) is 33. The molecule has 0 spiro atoms. The van der Waals surface area contributed by atoms with E-state index in [1.54, 1.807) is 0 Å². The van der Waals surface area contributed by atoms with Crippen LogP contribution in [0.1, 0.15) is 251 Å². The average Bonchev–Trinajstić information content (AvgIpc) is 3.19. The Morgan fingerprint density at radius 1 is 0.458 bits per heavy atom. The molecule has 2 unspecified atom stereocenters. The molecule has 59 heavy (non-hydrogen) atoms. The minimum Gasteiger partial charge on any atom is -0.756 e. The van der Waals surface area contributed by atoms with Gasteiger partial charge in [0, 0.05) is 12.8 Å². The standard InChI is InChI=1S/C49H98NO8P/c1-6-8-10-12-14-16-18-20-21-22-23-24-25-26-27-28-30-31-33-35-37-39-41-48(51)55-45-47(46-57-59(53,54)56-44-43-50(3,4)5)58-49(52)42-40-38-36-34-32-29-19-17-15-13-11-9-7-2/h47H,6-46H2,1-5H3. The normalized spacial score (nSPS) is 13.4. The molecule has 0 amide bonds. The van der Waals surface area contributed by atoms with Gasteiger partial charge in [0.25, 0.3) is 7.82 Å². The van der Waals surface area contributed by atoms with E-state index in [-0.39, 0.29) is 32.0 Å². The van der Waals surface area contributed by atoms with Crippen LogP contribution in [0.5, 0.6) is 0 Å². The molecule has 0 aliphatic heterocycles. The Balaban J connectivity index is 4.15. The Morgan fingerprint density at radius 2 is 0.763 bits per heavy atom. The minimum atomic E-state index is -4.62. The zero-order valence-electron chi connectivity index (χ0n) is 39.7. The highest BCUT2D eigenvalue weighted by atomic mass is 31.2. The molecular formula is C49H98NO8P. The van der Waals surface area contributed by atoms with Crippen molar-refractivity contribution >= 4 is 19.8 Å². The highest BCUT2D eigenvalue weighted by molar-refractivity contribution is 7.45. The first-order chi connectivity index (χ1) is 28.5. The largest absolute Gasteiger partial charge is 0.756 e.